The molecule has 0 bridgehead atoms. The van der Waals surface area contributed by atoms with Crippen LogP contribution in [0.1, 0.15) is 121 Å². The van der Waals surface area contributed by atoms with E-state index in [0.717, 1.165) is 18.1 Å². The van der Waals surface area contributed by atoms with Crippen molar-refractivity contribution < 1.29 is 4.74 Å². The first kappa shape index (κ1) is 26.6. The summed E-state index contributed by atoms with van der Waals surface area (Å²) in [5.41, 5.74) is 4.28. The maximum absolute atomic E-state index is 6.61. The second-order valence-corrected chi connectivity index (χ2v) is 11.0. The van der Waals surface area contributed by atoms with E-state index in [9.17, 15) is 0 Å². The number of hydrogen-bond acceptors (Lipinski definition) is 1. The lowest BCUT2D eigenvalue weighted by Gasteiger charge is -2.34. The van der Waals surface area contributed by atoms with E-state index in [1.165, 1.54) is 80.9 Å². The van der Waals surface area contributed by atoms with E-state index in [1.54, 1.807) is 0 Å². The van der Waals surface area contributed by atoms with Crippen LogP contribution < -0.4 is 4.74 Å². The van der Waals surface area contributed by atoms with E-state index in [1.807, 2.05) is 0 Å². The minimum atomic E-state index is 0.174. The quantitative estimate of drug-likeness (QED) is 0.213. The van der Waals surface area contributed by atoms with E-state index < -0.39 is 0 Å². The van der Waals surface area contributed by atoms with Gasteiger partial charge in [0, 0.05) is 0 Å². The molecule has 1 nitrogen and oxygen atoms in total. The Balaban J connectivity index is 1.86. The van der Waals surface area contributed by atoms with Crippen LogP contribution in [0.5, 0.6) is 5.75 Å². The van der Waals surface area contributed by atoms with E-state index in [2.05, 4.69) is 88.4 Å². The van der Waals surface area contributed by atoms with Crippen LogP contribution in [0.4, 0.5) is 0 Å². The molecule has 0 unspecified atom stereocenters. The maximum Gasteiger partial charge on any atom is 0.123 e. The summed E-state index contributed by atoms with van der Waals surface area (Å²) in [6, 6.07) is 17.9. The Morgan fingerprint density at radius 1 is 0.912 bits per heavy atom. The van der Waals surface area contributed by atoms with Crippen LogP contribution in [0.2, 0.25) is 0 Å². The van der Waals surface area contributed by atoms with Crippen molar-refractivity contribution in [1.29, 1.82) is 0 Å². The van der Waals surface area contributed by atoms with Gasteiger partial charge in [-0.2, -0.15) is 0 Å². The van der Waals surface area contributed by atoms with Crippen LogP contribution in [-0.2, 0) is 12.0 Å². The van der Waals surface area contributed by atoms with Crippen LogP contribution in [0.25, 0.3) is 0 Å². The van der Waals surface area contributed by atoms with Gasteiger partial charge in [-0.05, 0) is 72.1 Å². The fourth-order valence-corrected chi connectivity index (χ4v) is 5.60. The van der Waals surface area contributed by atoms with Gasteiger partial charge in [-0.25, -0.2) is 0 Å². The van der Waals surface area contributed by atoms with Crippen molar-refractivity contribution in [2.24, 2.45) is 5.92 Å². The molecule has 1 heteroatoms. The Bertz CT molecular complexity index is 863. The van der Waals surface area contributed by atoms with Gasteiger partial charge in [0.05, 0.1) is 0 Å². The molecule has 2 atom stereocenters. The number of hydrogen-bond donors (Lipinski definition) is 0. The lowest BCUT2D eigenvalue weighted by atomic mass is 9.72. The SMILES string of the molecule is CCC=CC[C@@H]1CCCC[C@H]1c1ccc(C(C)(C)CCCCCC)cc1OCc1ccccc1. The summed E-state index contributed by atoms with van der Waals surface area (Å²) in [5.74, 6) is 2.45. The molecule has 1 fully saturated rings. The van der Waals surface area contributed by atoms with Crippen molar-refractivity contribution in [3.63, 3.8) is 0 Å². The summed E-state index contributed by atoms with van der Waals surface area (Å²) >= 11 is 0. The Labute approximate surface area is 210 Å². The molecule has 0 amide bonds. The van der Waals surface area contributed by atoms with Gasteiger partial charge in [-0.15, -0.1) is 0 Å². The first-order valence-corrected chi connectivity index (χ1v) is 14.0. The van der Waals surface area contributed by atoms with Crippen molar-refractivity contribution in [3.05, 3.63) is 77.4 Å². The molecule has 0 heterocycles. The van der Waals surface area contributed by atoms with Crippen LogP contribution in [-0.4, -0.2) is 0 Å². The summed E-state index contributed by atoms with van der Waals surface area (Å²) in [4.78, 5) is 0. The second kappa shape index (κ2) is 13.8. The van der Waals surface area contributed by atoms with Crippen molar-refractivity contribution in [3.8, 4) is 5.75 Å². The number of ether oxygens (including phenoxy) is 1. The largest absolute Gasteiger partial charge is 0.489 e. The highest BCUT2D eigenvalue weighted by molar-refractivity contribution is 5.43. The zero-order valence-corrected chi connectivity index (χ0v) is 22.3. The van der Waals surface area contributed by atoms with Gasteiger partial charge in [-0.3, -0.25) is 0 Å². The van der Waals surface area contributed by atoms with Gasteiger partial charge in [0.15, 0.2) is 0 Å². The molecule has 0 radical (unpaired) electrons. The van der Waals surface area contributed by atoms with Crippen molar-refractivity contribution in [2.45, 2.75) is 116 Å². The first-order valence-electron chi connectivity index (χ1n) is 14.0. The molecule has 0 N–H and O–H groups in total. The van der Waals surface area contributed by atoms with Gasteiger partial charge >= 0.3 is 0 Å². The lowest BCUT2D eigenvalue weighted by molar-refractivity contribution is 0.274. The predicted molar refractivity (Wildman–Crippen MR) is 148 cm³/mol. The fourth-order valence-electron chi connectivity index (χ4n) is 5.60. The third-order valence-electron chi connectivity index (χ3n) is 7.84. The minimum Gasteiger partial charge on any atom is -0.489 e. The molecule has 3 rings (SSSR count). The van der Waals surface area contributed by atoms with Crippen molar-refractivity contribution in [2.75, 3.05) is 0 Å². The summed E-state index contributed by atoms with van der Waals surface area (Å²) in [5, 5.41) is 0. The van der Waals surface area contributed by atoms with Crippen LogP contribution >= 0.6 is 0 Å². The molecule has 1 aliphatic rings. The molecule has 0 aromatic heterocycles. The normalized spacial score (nSPS) is 18.9. The summed E-state index contributed by atoms with van der Waals surface area (Å²) in [6.07, 6.45) is 18.9. The average Bonchev–Trinajstić information content (AvgIpc) is 2.86. The Kier molecular flexibility index (Phi) is 10.8. The summed E-state index contributed by atoms with van der Waals surface area (Å²) in [6.45, 7) is 9.98. The summed E-state index contributed by atoms with van der Waals surface area (Å²) in [7, 11) is 0. The highest BCUT2D eigenvalue weighted by Crippen LogP contribution is 2.45. The molecule has 1 saturated carbocycles. The third kappa shape index (κ3) is 7.76. The van der Waals surface area contributed by atoms with Crippen LogP contribution in [0.15, 0.2) is 60.7 Å². The molecule has 34 heavy (non-hydrogen) atoms. The molecule has 0 saturated heterocycles. The van der Waals surface area contributed by atoms with Crippen LogP contribution in [0, 0.1) is 5.92 Å². The van der Waals surface area contributed by atoms with Crippen LogP contribution in [0.3, 0.4) is 0 Å². The highest BCUT2D eigenvalue weighted by atomic mass is 16.5. The Morgan fingerprint density at radius 2 is 1.71 bits per heavy atom. The average molecular weight is 461 g/mol. The van der Waals surface area contributed by atoms with Gasteiger partial charge in [-0.1, -0.05) is 121 Å². The Morgan fingerprint density at radius 3 is 2.47 bits per heavy atom. The third-order valence-corrected chi connectivity index (χ3v) is 7.84. The second-order valence-electron chi connectivity index (χ2n) is 11.0. The molecule has 0 spiro atoms. The number of rotatable bonds is 13. The van der Waals surface area contributed by atoms with E-state index in [0.29, 0.717) is 12.5 Å². The fraction of sp³-hybridized carbons (Fsp3) is 0.576. The zero-order chi connectivity index (χ0) is 24.2. The summed E-state index contributed by atoms with van der Waals surface area (Å²) < 4.78 is 6.61. The minimum absolute atomic E-state index is 0.174. The maximum atomic E-state index is 6.61. The van der Waals surface area contributed by atoms with Gasteiger partial charge in [0.25, 0.3) is 0 Å². The first-order chi connectivity index (χ1) is 16.5. The number of benzene rings is 2. The smallest absolute Gasteiger partial charge is 0.123 e. The standard InChI is InChI=1S/C33H48O/c1-5-7-9-16-24-33(3,4)29-22-23-31(30-21-15-14-20-28(30)19-11-8-6-2)32(25-29)34-26-27-17-12-10-13-18-27/h8,10-13,17-18,22-23,25,28,30H,5-7,9,14-16,19-21,24,26H2,1-4H3/t28-,30-/m1/s1. The van der Waals surface area contributed by atoms with Gasteiger partial charge in [0.2, 0.25) is 0 Å². The molecular formula is C33H48O. The van der Waals surface area contributed by atoms with Gasteiger partial charge in [0.1, 0.15) is 12.4 Å². The zero-order valence-electron chi connectivity index (χ0n) is 22.3. The Hall–Kier alpha value is -2.02. The van der Waals surface area contributed by atoms with Gasteiger partial charge < -0.3 is 4.74 Å². The molecule has 186 valence electrons. The topological polar surface area (TPSA) is 9.23 Å². The highest BCUT2D eigenvalue weighted by Gasteiger charge is 2.29. The number of unbranched alkanes of at least 4 members (excludes halogenated alkanes) is 3. The molecule has 2 aromatic rings. The molecular weight excluding hydrogens is 412 g/mol. The predicted octanol–water partition coefficient (Wildman–Crippen LogP) is 10.1. The molecule has 1 aliphatic carbocycles. The molecule has 0 aliphatic heterocycles. The van der Waals surface area contributed by atoms with Crippen molar-refractivity contribution >= 4 is 0 Å². The van der Waals surface area contributed by atoms with E-state index in [4.69, 9.17) is 4.74 Å². The number of allylic oxidation sites excluding steroid dienone is 2. The lowest BCUT2D eigenvalue weighted by Crippen LogP contribution is -2.20. The van der Waals surface area contributed by atoms with Crippen molar-refractivity contribution in [1.82, 2.24) is 0 Å². The monoisotopic (exact) mass is 460 g/mol. The van der Waals surface area contributed by atoms with E-state index in [-0.39, 0.29) is 5.41 Å². The molecule has 2 aromatic carbocycles. The van der Waals surface area contributed by atoms with E-state index >= 15 is 0 Å².